The molecular formula is C12H19N3O3. The van der Waals surface area contributed by atoms with E-state index < -0.39 is 5.97 Å². The fraction of sp³-hybridized carbons (Fsp3) is 0.750. The standard InChI is InChI=1S/C12H19N3O3/c1-2-5-10-11(12(16)17)13-14-15(10)8-9-6-3-4-7-18-9/h9H,2-8H2,1H3,(H,16,17). The van der Waals surface area contributed by atoms with Crippen molar-refractivity contribution >= 4 is 5.97 Å². The van der Waals surface area contributed by atoms with Crippen LogP contribution < -0.4 is 0 Å². The minimum absolute atomic E-state index is 0.0765. The number of carboxylic acid groups (broad SMARTS) is 1. The molecule has 1 aliphatic heterocycles. The van der Waals surface area contributed by atoms with Gasteiger partial charge in [0.25, 0.3) is 0 Å². The number of ether oxygens (including phenoxy) is 1. The Kier molecular flexibility index (Phi) is 4.30. The Morgan fingerprint density at radius 2 is 2.39 bits per heavy atom. The zero-order valence-electron chi connectivity index (χ0n) is 10.6. The zero-order valence-corrected chi connectivity index (χ0v) is 10.6. The molecule has 18 heavy (non-hydrogen) atoms. The molecule has 1 saturated heterocycles. The van der Waals surface area contributed by atoms with E-state index >= 15 is 0 Å². The van der Waals surface area contributed by atoms with Gasteiger partial charge >= 0.3 is 5.97 Å². The lowest BCUT2D eigenvalue weighted by Gasteiger charge is -2.22. The molecule has 1 atom stereocenters. The van der Waals surface area contributed by atoms with E-state index in [1.165, 1.54) is 0 Å². The summed E-state index contributed by atoms with van der Waals surface area (Å²) in [5, 5.41) is 16.8. The molecule has 0 aliphatic carbocycles. The van der Waals surface area contributed by atoms with Gasteiger partial charge in [-0.05, 0) is 25.7 Å². The molecule has 100 valence electrons. The molecule has 0 saturated carbocycles. The van der Waals surface area contributed by atoms with Gasteiger partial charge in [0.15, 0.2) is 5.69 Å². The molecule has 0 radical (unpaired) electrons. The third-order valence-electron chi connectivity index (χ3n) is 3.18. The Morgan fingerprint density at radius 3 is 3.00 bits per heavy atom. The van der Waals surface area contributed by atoms with E-state index in [0.717, 1.165) is 32.3 Å². The second-order valence-electron chi connectivity index (χ2n) is 4.61. The lowest BCUT2D eigenvalue weighted by atomic mass is 10.1. The third kappa shape index (κ3) is 2.87. The number of aromatic carboxylic acids is 1. The molecule has 1 aromatic heterocycles. The number of aromatic nitrogens is 3. The molecule has 0 bridgehead atoms. The maximum absolute atomic E-state index is 11.1. The van der Waals surface area contributed by atoms with Gasteiger partial charge in [0.05, 0.1) is 18.3 Å². The van der Waals surface area contributed by atoms with E-state index in [-0.39, 0.29) is 11.8 Å². The van der Waals surface area contributed by atoms with Crippen LogP contribution in [0.5, 0.6) is 0 Å². The highest BCUT2D eigenvalue weighted by Crippen LogP contribution is 2.16. The van der Waals surface area contributed by atoms with Gasteiger partial charge in [-0.1, -0.05) is 18.6 Å². The number of hydrogen-bond donors (Lipinski definition) is 1. The van der Waals surface area contributed by atoms with Crippen molar-refractivity contribution in [2.45, 2.75) is 51.7 Å². The van der Waals surface area contributed by atoms with Gasteiger partial charge in [-0.25, -0.2) is 9.48 Å². The maximum atomic E-state index is 11.1. The van der Waals surface area contributed by atoms with Crippen molar-refractivity contribution in [2.24, 2.45) is 0 Å². The van der Waals surface area contributed by atoms with E-state index in [1.54, 1.807) is 4.68 Å². The van der Waals surface area contributed by atoms with E-state index in [9.17, 15) is 4.79 Å². The molecule has 1 unspecified atom stereocenters. The minimum Gasteiger partial charge on any atom is -0.476 e. The molecule has 2 heterocycles. The molecule has 1 fully saturated rings. The second kappa shape index (κ2) is 5.95. The Balaban J connectivity index is 2.13. The Bertz CT molecular complexity index is 411. The molecule has 6 nitrogen and oxygen atoms in total. The summed E-state index contributed by atoms with van der Waals surface area (Å²) < 4.78 is 7.35. The van der Waals surface area contributed by atoms with Gasteiger partial charge in [-0.2, -0.15) is 0 Å². The van der Waals surface area contributed by atoms with Crippen molar-refractivity contribution in [2.75, 3.05) is 6.61 Å². The summed E-state index contributed by atoms with van der Waals surface area (Å²) in [6, 6.07) is 0. The Morgan fingerprint density at radius 1 is 1.56 bits per heavy atom. The van der Waals surface area contributed by atoms with Crippen LogP contribution in [0.25, 0.3) is 0 Å². The van der Waals surface area contributed by atoms with Gasteiger partial charge in [0, 0.05) is 6.61 Å². The van der Waals surface area contributed by atoms with E-state index in [0.29, 0.717) is 18.7 Å². The number of carbonyl (C=O) groups is 1. The van der Waals surface area contributed by atoms with Crippen LogP contribution in [0.15, 0.2) is 0 Å². The van der Waals surface area contributed by atoms with Gasteiger partial charge in [0.2, 0.25) is 0 Å². The van der Waals surface area contributed by atoms with Crippen molar-refractivity contribution in [1.29, 1.82) is 0 Å². The van der Waals surface area contributed by atoms with Crippen molar-refractivity contribution in [3.8, 4) is 0 Å². The second-order valence-corrected chi connectivity index (χ2v) is 4.61. The average molecular weight is 253 g/mol. The largest absolute Gasteiger partial charge is 0.476 e. The monoisotopic (exact) mass is 253 g/mol. The summed E-state index contributed by atoms with van der Waals surface area (Å²) in [5.41, 5.74) is 0.784. The summed E-state index contributed by atoms with van der Waals surface area (Å²) in [6.07, 6.45) is 4.97. The molecule has 0 spiro atoms. The number of nitrogens with zero attached hydrogens (tertiary/aromatic N) is 3. The Hall–Kier alpha value is -1.43. The predicted octanol–water partition coefficient (Wildman–Crippen LogP) is 1.50. The Labute approximate surface area is 106 Å². The van der Waals surface area contributed by atoms with Crippen LogP contribution in [0, 0.1) is 0 Å². The number of hydrogen-bond acceptors (Lipinski definition) is 4. The van der Waals surface area contributed by atoms with Crippen LogP contribution in [0.3, 0.4) is 0 Å². The highest BCUT2D eigenvalue weighted by atomic mass is 16.5. The quantitative estimate of drug-likeness (QED) is 0.860. The predicted molar refractivity (Wildman–Crippen MR) is 64.6 cm³/mol. The molecular weight excluding hydrogens is 234 g/mol. The summed E-state index contributed by atoms with van der Waals surface area (Å²) >= 11 is 0. The highest BCUT2D eigenvalue weighted by molar-refractivity contribution is 5.86. The molecule has 1 N–H and O–H groups in total. The first-order valence-electron chi connectivity index (χ1n) is 6.49. The first-order chi connectivity index (χ1) is 8.72. The molecule has 0 amide bonds. The molecule has 2 rings (SSSR count). The smallest absolute Gasteiger partial charge is 0.358 e. The van der Waals surface area contributed by atoms with Crippen molar-refractivity contribution in [3.63, 3.8) is 0 Å². The first kappa shape index (κ1) is 13.0. The normalized spacial score (nSPS) is 19.9. The van der Waals surface area contributed by atoms with Gasteiger partial charge in [-0.15, -0.1) is 5.10 Å². The number of carboxylic acids is 1. The fourth-order valence-electron chi connectivity index (χ4n) is 2.27. The van der Waals surface area contributed by atoms with Crippen LogP contribution in [0.1, 0.15) is 48.8 Å². The molecule has 1 aromatic rings. The summed E-state index contributed by atoms with van der Waals surface area (Å²) in [4.78, 5) is 11.1. The number of rotatable bonds is 5. The van der Waals surface area contributed by atoms with Crippen LogP contribution >= 0.6 is 0 Å². The first-order valence-corrected chi connectivity index (χ1v) is 6.49. The maximum Gasteiger partial charge on any atom is 0.358 e. The average Bonchev–Trinajstić information content (AvgIpc) is 2.74. The topological polar surface area (TPSA) is 77.2 Å². The van der Waals surface area contributed by atoms with Crippen LogP contribution in [0.2, 0.25) is 0 Å². The van der Waals surface area contributed by atoms with E-state index in [2.05, 4.69) is 10.3 Å². The SMILES string of the molecule is CCCc1c(C(=O)O)nnn1CC1CCCCO1. The van der Waals surface area contributed by atoms with Crippen LogP contribution in [-0.2, 0) is 17.7 Å². The molecule has 1 aliphatic rings. The van der Waals surface area contributed by atoms with E-state index in [4.69, 9.17) is 9.84 Å². The lowest BCUT2D eigenvalue weighted by molar-refractivity contribution is 0.00320. The van der Waals surface area contributed by atoms with Crippen molar-refractivity contribution in [3.05, 3.63) is 11.4 Å². The highest BCUT2D eigenvalue weighted by Gasteiger charge is 2.21. The van der Waals surface area contributed by atoms with Gasteiger partial charge in [-0.3, -0.25) is 0 Å². The molecule has 0 aromatic carbocycles. The van der Waals surface area contributed by atoms with Gasteiger partial charge < -0.3 is 9.84 Å². The summed E-state index contributed by atoms with van der Waals surface area (Å²) in [7, 11) is 0. The summed E-state index contributed by atoms with van der Waals surface area (Å²) in [5.74, 6) is -1.01. The lowest BCUT2D eigenvalue weighted by Crippen LogP contribution is -2.26. The summed E-state index contributed by atoms with van der Waals surface area (Å²) in [6.45, 7) is 3.41. The van der Waals surface area contributed by atoms with E-state index in [1.807, 2.05) is 6.92 Å². The minimum atomic E-state index is -1.01. The van der Waals surface area contributed by atoms with Gasteiger partial charge in [0.1, 0.15) is 0 Å². The van der Waals surface area contributed by atoms with Crippen LogP contribution in [-0.4, -0.2) is 38.8 Å². The third-order valence-corrected chi connectivity index (χ3v) is 3.18. The van der Waals surface area contributed by atoms with Crippen molar-refractivity contribution < 1.29 is 14.6 Å². The van der Waals surface area contributed by atoms with Crippen LogP contribution in [0.4, 0.5) is 0 Å². The zero-order chi connectivity index (χ0) is 13.0. The molecule has 6 heteroatoms. The van der Waals surface area contributed by atoms with Crippen molar-refractivity contribution in [1.82, 2.24) is 15.0 Å². The fourth-order valence-corrected chi connectivity index (χ4v) is 2.27.